The van der Waals surface area contributed by atoms with Crippen molar-refractivity contribution in [3.8, 4) is 17.3 Å². The Morgan fingerprint density at radius 1 is 1.17 bits per heavy atom. The molecule has 12 nitrogen and oxygen atoms in total. The Balaban J connectivity index is 1.14. The minimum atomic E-state index is -1.16. The smallest absolute Gasteiger partial charge is 0.309 e. The van der Waals surface area contributed by atoms with Crippen molar-refractivity contribution in [2.75, 3.05) is 38.6 Å². The molecule has 0 unspecified atom stereocenters. The van der Waals surface area contributed by atoms with E-state index in [0.29, 0.717) is 72.2 Å². The van der Waals surface area contributed by atoms with Gasteiger partial charge in [0, 0.05) is 19.2 Å². The first-order valence-electron chi connectivity index (χ1n) is 13.0. The number of likely N-dealkylation sites (tertiary alicyclic amines) is 1. The number of ether oxygens (including phenoxy) is 1. The number of rotatable bonds is 9. The van der Waals surface area contributed by atoms with Crippen molar-refractivity contribution in [3.63, 3.8) is 0 Å². The second-order valence-corrected chi connectivity index (χ2v) is 10.8. The first-order valence-corrected chi connectivity index (χ1v) is 13.9. The average molecular weight is 588 g/mol. The van der Waals surface area contributed by atoms with Crippen LogP contribution in [0.5, 0.6) is 5.75 Å². The fourth-order valence-corrected chi connectivity index (χ4v) is 5.98. The van der Waals surface area contributed by atoms with Gasteiger partial charge in [0.1, 0.15) is 23.2 Å². The van der Waals surface area contributed by atoms with Gasteiger partial charge in [0.05, 0.1) is 12.9 Å². The van der Waals surface area contributed by atoms with Crippen LogP contribution in [-0.4, -0.2) is 78.2 Å². The predicted octanol–water partition coefficient (Wildman–Crippen LogP) is 2.23. The Labute approximate surface area is 235 Å². The van der Waals surface area contributed by atoms with Gasteiger partial charge in [-0.25, -0.2) is 13.8 Å². The van der Waals surface area contributed by atoms with Crippen molar-refractivity contribution in [1.82, 2.24) is 29.0 Å². The van der Waals surface area contributed by atoms with Crippen LogP contribution in [0.2, 0.25) is 0 Å². The molecule has 0 radical (unpaired) electrons. The zero-order valence-electron chi connectivity index (χ0n) is 21.7. The number of aliphatic hydroxyl groups is 2. The van der Waals surface area contributed by atoms with Gasteiger partial charge in [-0.1, -0.05) is 11.3 Å². The third kappa shape index (κ3) is 5.28. The Morgan fingerprint density at radius 2 is 1.98 bits per heavy atom. The van der Waals surface area contributed by atoms with E-state index >= 15 is 0 Å². The number of hydrogen-bond donors (Lipinski definition) is 3. The minimum Gasteiger partial charge on any atom is -0.488 e. The molecule has 1 saturated heterocycles. The number of benzene rings is 1. The van der Waals surface area contributed by atoms with Crippen LogP contribution >= 0.6 is 11.3 Å². The molecule has 4 aromatic heterocycles. The topological polar surface area (TPSA) is 157 Å². The van der Waals surface area contributed by atoms with E-state index in [1.54, 1.807) is 16.7 Å². The maximum absolute atomic E-state index is 14.7. The summed E-state index contributed by atoms with van der Waals surface area (Å²) in [7, 11) is 0. The Morgan fingerprint density at radius 3 is 2.71 bits per heavy atom. The van der Waals surface area contributed by atoms with Gasteiger partial charge in [0.15, 0.2) is 28.6 Å². The standard InChI is InChI=1S/C26H27F2N7O5S/c27-17-11-18(28)20(40-13-15(37)12-36)10-16(17)14-3-5-33(6-4-14)7-8-34-23-21(41-26(34)38)24-30-22(19-2-1-9-39-19)32-35(24)25(29)31-23/h1-2,9-11,14-15,36-37H,3-8,12-13H2,(H2,29,31)/t15-/m0/s1. The largest absolute Gasteiger partial charge is 0.488 e. The first kappa shape index (κ1) is 27.3. The number of anilines is 1. The van der Waals surface area contributed by atoms with E-state index in [2.05, 4.69) is 20.0 Å². The highest BCUT2D eigenvalue weighted by molar-refractivity contribution is 7.17. The van der Waals surface area contributed by atoms with Crippen molar-refractivity contribution in [3.05, 3.63) is 57.4 Å². The highest BCUT2D eigenvalue weighted by atomic mass is 32.1. The number of thiazole rings is 1. The molecule has 0 saturated carbocycles. The van der Waals surface area contributed by atoms with Crippen LogP contribution in [0.25, 0.3) is 27.6 Å². The average Bonchev–Trinajstić information content (AvgIpc) is 3.71. The highest BCUT2D eigenvalue weighted by Gasteiger charge is 2.26. The number of nitrogen functional groups attached to an aromatic ring is 1. The molecule has 1 fully saturated rings. The Hall–Kier alpha value is -3.92. The van der Waals surface area contributed by atoms with Crippen LogP contribution < -0.4 is 15.3 Å². The highest BCUT2D eigenvalue weighted by Crippen LogP contribution is 2.34. The molecule has 0 bridgehead atoms. The van der Waals surface area contributed by atoms with Gasteiger partial charge in [-0.3, -0.25) is 9.36 Å². The van der Waals surface area contributed by atoms with Crippen LogP contribution in [0.15, 0.2) is 39.7 Å². The quantitative estimate of drug-likeness (QED) is 0.234. The van der Waals surface area contributed by atoms with E-state index < -0.39 is 24.3 Å². The number of aliphatic hydroxyl groups excluding tert-OH is 2. The fourth-order valence-electron chi connectivity index (χ4n) is 5.05. The summed E-state index contributed by atoms with van der Waals surface area (Å²) in [5, 5.41) is 22.8. The molecule has 1 aliphatic heterocycles. The molecule has 5 heterocycles. The van der Waals surface area contributed by atoms with Gasteiger partial charge < -0.3 is 30.0 Å². The zero-order valence-corrected chi connectivity index (χ0v) is 22.6. The molecule has 0 spiro atoms. The molecular weight excluding hydrogens is 560 g/mol. The summed E-state index contributed by atoms with van der Waals surface area (Å²) in [5.41, 5.74) is 7.38. The minimum absolute atomic E-state index is 0.0979. The summed E-state index contributed by atoms with van der Waals surface area (Å²) in [6.45, 7) is 1.41. The van der Waals surface area contributed by atoms with E-state index in [9.17, 15) is 18.7 Å². The number of piperidine rings is 1. The number of nitrogens with zero attached hydrogens (tertiary/aromatic N) is 6. The van der Waals surface area contributed by atoms with Crippen molar-refractivity contribution in [2.24, 2.45) is 0 Å². The molecule has 216 valence electrons. The first-order chi connectivity index (χ1) is 19.8. The van der Waals surface area contributed by atoms with Crippen LogP contribution in [0, 0.1) is 11.6 Å². The molecule has 6 rings (SSSR count). The van der Waals surface area contributed by atoms with Gasteiger partial charge in [0.2, 0.25) is 11.8 Å². The molecule has 1 atom stereocenters. The molecule has 41 heavy (non-hydrogen) atoms. The molecule has 1 aromatic carbocycles. The zero-order chi connectivity index (χ0) is 28.7. The third-order valence-electron chi connectivity index (χ3n) is 7.22. The van der Waals surface area contributed by atoms with Crippen LogP contribution in [-0.2, 0) is 6.54 Å². The van der Waals surface area contributed by atoms with E-state index in [4.69, 9.17) is 20.0 Å². The number of fused-ring (bicyclic) bond motifs is 3. The molecule has 0 amide bonds. The summed E-state index contributed by atoms with van der Waals surface area (Å²) in [5.74, 6) is -0.909. The van der Waals surface area contributed by atoms with Gasteiger partial charge in [0.25, 0.3) is 0 Å². The monoisotopic (exact) mass is 587 g/mol. The summed E-state index contributed by atoms with van der Waals surface area (Å²) in [6.07, 6.45) is 1.61. The van der Waals surface area contributed by atoms with Crippen molar-refractivity contribution >= 4 is 33.3 Å². The lowest BCUT2D eigenvalue weighted by atomic mass is 9.89. The van der Waals surface area contributed by atoms with Crippen LogP contribution in [0.4, 0.5) is 14.7 Å². The second-order valence-electron chi connectivity index (χ2n) is 9.86. The van der Waals surface area contributed by atoms with E-state index in [0.717, 1.165) is 17.4 Å². The third-order valence-corrected chi connectivity index (χ3v) is 8.18. The van der Waals surface area contributed by atoms with E-state index in [1.807, 2.05) is 0 Å². The summed E-state index contributed by atoms with van der Waals surface area (Å²) in [6, 6.07) is 5.59. The summed E-state index contributed by atoms with van der Waals surface area (Å²) in [4.78, 5) is 23.9. The van der Waals surface area contributed by atoms with Crippen molar-refractivity contribution in [1.29, 1.82) is 0 Å². The number of halogens is 2. The van der Waals surface area contributed by atoms with Crippen LogP contribution in [0.1, 0.15) is 24.3 Å². The number of nitrogens with two attached hydrogens (primary N) is 1. The van der Waals surface area contributed by atoms with Crippen molar-refractivity contribution < 1.29 is 28.1 Å². The van der Waals surface area contributed by atoms with Gasteiger partial charge in [-0.15, -0.1) is 5.10 Å². The maximum Gasteiger partial charge on any atom is 0.309 e. The molecule has 0 aliphatic carbocycles. The van der Waals surface area contributed by atoms with E-state index in [-0.39, 0.29) is 29.1 Å². The summed E-state index contributed by atoms with van der Waals surface area (Å²) < 4.78 is 43.0. The molecule has 1 aliphatic rings. The molecule has 5 aromatic rings. The Bertz CT molecular complexity index is 1740. The number of furan rings is 1. The number of aromatic nitrogens is 5. The van der Waals surface area contributed by atoms with Gasteiger partial charge >= 0.3 is 4.87 Å². The maximum atomic E-state index is 14.7. The lowest BCUT2D eigenvalue weighted by Crippen LogP contribution is -2.36. The normalized spacial score (nSPS) is 15.7. The SMILES string of the molecule is Nc1nc2c(sc(=O)n2CCN2CCC(c3cc(OC[C@@H](O)CO)c(F)cc3F)CC2)c2nc(-c3ccco3)nn12. The van der Waals surface area contributed by atoms with Gasteiger partial charge in [-0.2, -0.15) is 9.50 Å². The lowest BCUT2D eigenvalue weighted by molar-refractivity contribution is 0.0522. The fraction of sp³-hybridized carbons (Fsp3) is 0.385. The van der Waals surface area contributed by atoms with E-state index in [1.165, 1.54) is 16.8 Å². The summed E-state index contributed by atoms with van der Waals surface area (Å²) >= 11 is 1.03. The second kappa shape index (κ2) is 11.2. The molecular formula is C26H27F2N7O5S. The van der Waals surface area contributed by atoms with Crippen molar-refractivity contribution in [2.45, 2.75) is 31.4 Å². The predicted molar refractivity (Wildman–Crippen MR) is 146 cm³/mol. The van der Waals surface area contributed by atoms with Gasteiger partial charge in [-0.05, 0) is 55.6 Å². The lowest BCUT2D eigenvalue weighted by Gasteiger charge is -2.32. The Kier molecular flexibility index (Phi) is 7.42. The molecule has 15 heteroatoms. The number of hydrogen-bond acceptors (Lipinski definition) is 11. The van der Waals surface area contributed by atoms with Crippen LogP contribution in [0.3, 0.4) is 0 Å². The molecule has 4 N–H and O–H groups in total.